The molecule has 0 atom stereocenters. The maximum Gasteiger partial charge on any atom is 0.179 e. The van der Waals surface area contributed by atoms with E-state index in [4.69, 9.17) is 4.74 Å². The maximum atomic E-state index is 5.73. The third kappa shape index (κ3) is 4.92. The molecule has 1 heterocycles. The zero-order valence-electron chi connectivity index (χ0n) is 15.9. The Morgan fingerprint density at radius 1 is 1.08 bits per heavy atom. The summed E-state index contributed by atoms with van der Waals surface area (Å²) in [6.45, 7) is 10.8. The molecule has 0 bridgehead atoms. The minimum atomic E-state index is -0.223. The molecule has 3 rings (SSSR count). The number of nitrogens with one attached hydrogen (secondary N) is 2. The summed E-state index contributed by atoms with van der Waals surface area (Å²) in [6, 6.07) is 17.4. The zero-order chi connectivity index (χ0) is 18.6. The summed E-state index contributed by atoms with van der Waals surface area (Å²) in [4.78, 5) is 3.25. The lowest BCUT2D eigenvalue weighted by atomic mass is 9.97. The van der Waals surface area contributed by atoms with Crippen molar-refractivity contribution in [3.05, 3.63) is 83.9 Å². The second-order valence-electron chi connectivity index (χ2n) is 7.66. The van der Waals surface area contributed by atoms with Gasteiger partial charge in [0, 0.05) is 18.3 Å². The van der Waals surface area contributed by atoms with Crippen LogP contribution in [0.15, 0.2) is 67.2 Å². The van der Waals surface area contributed by atoms with Gasteiger partial charge in [0.2, 0.25) is 0 Å². The lowest BCUT2D eigenvalue weighted by molar-refractivity contribution is 0.0417. The Labute approximate surface area is 156 Å². The van der Waals surface area contributed by atoms with E-state index in [0.717, 1.165) is 19.4 Å². The number of aromatic nitrogens is 1. The maximum absolute atomic E-state index is 5.73. The van der Waals surface area contributed by atoms with Crippen molar-refractivity contribution in [3.8, 4) is 0 Å². The van der Waals surface area contributed by atoms with Gasteiger partial charge in [-0.2, -0.15) is 0 Å². The van der Waals surface area contributed by atoms with Gasteiger partial charge in [0.05, 0.1) is 0 Å². The van der Waals surface area contributed by atoms with Gasteiger partial charge in [-0.1, -0.05) is 30.3 Å². The topological polar surface area (TPSA) is 37.0 Å². The Morgan fingerprint density at radius 3 is 2.62 bits per heavy atom. The van der Waals surface area contributed by atoms with E-state index < -0.39 is 0 Å². The van der Waals surface area contributed by atoms with Crippen molar-refractivity contribution in [1.82, 2.24) is 10.3 Å². The van der Waals surface area contributed by atoms with E-state index in [2.05, 4.69) is 65.4 Å². The summed E-state index contributed by atoms with van der Waals surface area (Å²) in [6.07, 6.45) is 3.87. The lowest BCUT2D eigenvalue weighted by Crippen LogP contribution is -2.26. The molecular formula is C23H28N2O. The fraction of sp³-hybridized carbons (Fsp3) is 0.304. The first-order valence-corrected chi connectivity index (χ1v) is 9.15. The van der Waals surface area contributed by atoms with Gasteiger partial charge in [-0.15, -0.1) is 0 Å². The summed E-state index contributed by atoms with van der Waals surface area (Å²) in [7, 11) is 0. The average Bonchev–Trinajstić information content (AvgIpc) is 3.02. The first kappa shape index (κ1) is 18.1. The van der Waals surface area contributed by atoms with Crippen LogP contribution in [0.4, 0.5) is 0 Å². The van der Waals surface area contributed by atoms with E-state index in [0.29, 0.717) is 5.88 Å². The second kappa shape index (κ2) is 7.69. The highest BCUT2D eigenvalue weighted by Gasteiger charge is 2.12. The molecular weight excluding hydrogens is 320 g/mol. The third-order valence-corrected chi connectivity index (χ3v) is 4.28. The molecule has 0 aliphatic heterocycles. The molecule has 26 heavy (non-hydrogen) atoms. The monoisotopic (exact) mass is 348 g/mol. The average molecular weight is 348 g/mol. The SMILES string of the molecule is C=C(NCCc1ccccc1Cc1ccc2[nH]ccc2c1)OC(C)(C)C. The van der Waals surface area contributed by atoms with Crippen molar-refractivity contribution in [3.63, 3.8) is 0 Å². The van der Waals surface area contributed by atoms with Gasteiger partial charge in [0.25, 0.3) is 0 Å². The fourth-order valence-electron chi connectivity index (χ4n) is 3.15. The van der Waals surface area contributed by atoms with Crippen LogP contribution >= 0.6 is 0 Å². The van der Waals surface area contributed by atoms with E-state index in [1.807, 2.05) is 27.0 Å². The molecule has 0 aliphatic carbocycles. The van der Waals surface area contributed by atoms with Gasteiger partial charge in [-0.25, -0.2) is 0 Å². The summed E-state index contributed by atoms with van der Waals surface area (Å²) < 4.78 is 5.73. The molecule has 0 unspecified atom stereocenters. The van der Waals surface area contributed by atoms with E-state index in [9.17, 15) is 0 Å². The molecule has 0 saturated heterocycles. The highest BCUT2D eigenvalue weighted by atomic mass is 16.5. The quantitative estimate of drug-likeness (QED) is 0.578. The Hall–Kier alpha value is -2.68. The highest BCUT2D eigenvalue weighted by molar-refractivity contribution is 5.80. The number of hydrogen-bond acceptors (Lipinski definition) is 2. The third-order valence-electron chi connectivity index (χ3n) is 4.28. The lowest BCUT2D eigenvalue weighted by Gasteiger charge is -2.23. The van der Waals surface area contributed by atoms with Crippen LogP contribution < -0.4 is 5.32 Å². The van der Waals surface area contributed by atoms with Gasteiger partial charge in [-0.3, -0.25) is 0 Å². The number of hydrogen-bond donors (Lipinski definition) is 2. The van der Waals surface area contributed by atoms with E-state index >= 15 is 0 Å². The minimum absolute atomic E-state index is 0.223. The van der Waals surface area contributed by atoms with Crippen LogP contribution in [0.1, 0.15) is 37.5 Å². The van der Waals surface area contributed by atoms with Gasteiger partial charge in [0.1, 0.15) is 5.60 Å². The van der Waals surface area contributed by atoms with Crippen molar-refractivity contribution in [1.29, 1.82) is 0 Å². The van der Waals surface area contributed by atoms with Crippen LogP contribution in [0.5, 0.6) is 0 Å². The van der Waals surface area contributed by atoms with Crippen molar-refractivity contribution >= 4 is 10.9 Å². The molecule has 3 nitrogen and oxygen atoms in total. The smallest absolute Gasteiger partial charge is 0.179 e. The molecule has 2 aromatic carbocycles. The van der Waals surface area contributed by atoms with E-state index in [1.165, 1.54) is 27.6 Å². The van der Waals surface area contributed by atoms with Gasteiger partial charge < -0.3 is 15.0 Å². The van der Waals surface area contributed by atoms with Gasteiger partial charge in [-0.05, 0) is 80.5 Å². The van der Waals surface area contributed by atoms with E-state index in [1.54, 1.807) is 0 Å². The number of fused-ring (bicyclic) bond motifs is 1. The summed E-state index contributed by atoms with van der Waals surface area (Å²) in [5.74, 6) is 0.632. The molecule has 2 N–H and O–H groups in total. The summed E-state index contributed by atoms with van der Waals surface area (Å²) >= 11 is 0. The Morgan fingerprint density at radius 2 is 1.85 bits per heavy atom. The molecule has 1 aromatic heterocycles. The van der Waals surface area contributed by atoms with Crippen LogP contribution in [0.3, 0.4) is 0 Å². The molecule has 3 heteroatoms. The molecule has 0 radical (unpaired) electrons. The first-order valence-electron chi connectivity index (χ1n) is 9.15. The van der Waals surface area contributed by atoms with Crippen LogP contribution in [-0.4, -0.2) is 17.1 Å². The Kier molecular flexibility index (Phi) is 5.36. The van der Waals surface area contributed by atoms with Crippen LogP contribution in [0.25, 0.3) is 10.9 Å². The molecule has 0 saturated carbocycles. The van der Waals surface area contributed by atoms with Crippen molar-refractivity contribution in [2.75, 3.05) is 6.54 Å². The van der Waals surface area contributed by atoms with Gasteiger partial charge in [0.15, 0.2) is 5.88 Å². The number of ether oxygens (including phenoxy) is 1. The molecule has 0 fully saturated rings. The van der Waals surface area contributed by atoms with Crippen LogP contribution in [0, 0.1) is 0 Å². The van der Waals surface area contributed by atoms with Crippen molar-refractivity contribution in [2.45, 2.75) is 39.2 Å². The Bertz CT molecular complexity index is 886. The molecule has 0 aliphatic rings. The standard InChI is InChI=1S/C23H28N2O/c1-17(26-23(2,3)4)24-13-11-19-7-5-6-8-20(19)15-18-9-10-22-21(16-18)12-14-25-22/h5-10,12,14,16,24-25H,1,11,13,15H2,2-4H3. The molecule has 0 amide bonds. The number of H-pyrrole nitrogens is 1. The van der Waals surface area contributed by atoms with Crippen molar-refractivity contribution in [2.24, 2.45) is 0 Å². The number of rotatable bonds is 7. The van der Waals surface area contributed by atoms with Crippen LogP contribution in [-0.2, 0) is 17.6 Å². The first-order chi connectivity index (χ1) is 12.4. The van der Waals surface area contributed by atoms with E-state index in [-0.39, 0.29) is 5.60 Å². The number of aromatic amines is 1. The van der Waals surface area contributed by atoms with Crippen LogP contribution in [0.2, 0.25) is 0 Å². The normalized spacial score (nSPS) is 11.5. The summed E-state index contributed by atoms with van der Waals surface area (Å²) in [5.41, 5.74) is 5.02. The number of benzene rings is 2. The largest absolute Gasteiger partial charge is 0.474 e. The van der Waals surface area contributed by atoms with Crippen molar-refractivity contribution < 1.29 is 4.74 Å². The van der Waals surface area contributed by atoms with Gasteiger partial charge >= 0.3 is 0 Å². The zero-order valence-corrected chi connectivity index (χ0v) is 15.9. The predicted molar refractivity (Wildman–Crippen MR) is 109 cm³/mol. The Balaban J connectivity index is 1.63. The molecule has 0 spiro atoms. The molecule has 3 aromatic rings. The summed E-state index contributed by atoms with van der Waals surface area (Å²) in [5, 5.41) is 4.54. The fourth-order valence-corrected chi connectivity index (χ4v) is 3.15. The minimum Gasteiger partial charge on any atom is -0.474 e. The molecule has 136 valence electrons. The highest BCUT2D eigenvalue weighted by Crippen LogP contribution is 2.19. The predicted octanol–water partition coefficient (Wildman–Crippen LogP) is 5.18. The second-order valence-corrected chi connectivity index (χ2v) is 7.66.